The molecule has 1 aliphatic rings. The monoisotopic (exact) mass is 386 g/mol. The molecule has 140 valence electrons. The molecule has 6 nitrogen and oxygen atoms in total. The van der Waals surface area contributed by atoms with Crippen LogP contribution in [0.25, 0.3) is 0 Å². The molecular weight excluding hydrogens is 368 g/mol. The van der Waals surface area contributed by atoms with E-state index in [2.05, 4.69) is 10.5 Å². The first-order chi connectivity index (χ1) is 13.1. The van der Waals surface area contributed by atoms with E-state index in [-0.39, 0.29) is 18.1 Å². The number of benzene rings is 2. The smallest absolute Gasteiger partial charge is 0.331 e. The normalized spacial score (nSPS) is 18.4. The second-order valence-electron chi connectivity index (χ2n) is 5.91. The van der Waals surface area contributed by atoms with E-state index < -0.39 is 17.9 Å². The molecule has 1 heterocycles. The number of halogens is 1. The summed E-state index contributed by atoms with van der Waals surface area (Å²) in [5, 5.41) is 4.62. The lowest BCUT2D eigenvalue weighted by molar-refractivity contribution is -0.145. The molecular formula is C20H19ClN2O4. The molecule has 0 bridgehead atoms. The van der Waals surface area contributed by atoms with Gasteiger partial charge in [-0.15, -0.1) is 0 Å². The molecule has 0 unspecified atom stereocenters. The minimum absolute atomic E-state index is 0.214. The minimum atomic E-state index is -0.818. The standard InChI is InChI=1S/C20H19ClN2O4/c1-3-27-20(25)18-16(14-6-4-5-7-15(14)21)17(22-23-18)19(24)12-8-10-13(26-2)11-9-12/h4-11,16,18,23H,3H2,1-2H3/t16-,18+/m0/s1. The zero-order valence-electron chi connectivity index (χ0n) is 14.9. The van der Waals surface area contributed by atoms with Gasteiger partial charge in [0.2, 0.25) is 5.78 Å². The summed E-state index contributed by atoms with van der Waals surface area (Å²) in [5.74, 6) is -0.775. The Bertz CT molecular complexity index is 880. The summed E-state index contributed by atoms with van der Waals surface area (Å²) in [6, 6.07) is 13.0. The van der Waals surface area contributed by atoms with Gasteiger partial charge in [0.25, 0.3) is 0 Å². The van der Waals surface area contributed by atoms with E-state index in [4.69, 9.17) is 21.1 Å². The first kappa shape index (κ1) is 18.9. The topological polar surface area (TPSA) is 77.0 Å². The molecule has 2 atom stereocenters. The SMILES string of the molecule is CCOC(=O)[C@@H]1NN=C(C(=O)c2ccc(OC)cc2)[C@@H]1c1ccccc1Cl. The predicted molar refractivity (Wildman–Crippen MR) is 103 cm³/mol. The lowest BCUT2D eigenvalue weighted by Gasteiger charge is -2.20. The van der Waals surface area contributed by atoms with E-state index >= 15 is 0 Å². The fraction of sp³-hybridized carbons (Fsp3) is 0.250. The summed E-state index contributed by atoms with van der Waals surface area (Å²) in [7, 11) is 1.55. The molecule has 0 saturated heterocycles. The maximum Gasteiger partial charge on any atom is 0.331 e. The Morgan fingerprint density at radius 3 is 2.48 bits per heavy atom. The lowest BCUT2D eigenvalue weighted by atomic mass is 9.85. The number of hydrogen-bond acceptors (Lipinski definition) is 6. The summed E-state index contributed by atoms with van der Waals surface area (Å²) >= 11 is 6.34. The van der Waals surface area contributed by atoms with Crippen molar-refractivity contribution in [1.29, 1.82) is 0 Å². The Labute approximate surface area is 162 Å². The van der Waals surface area contributed by atoms with Crippen LogP contribution in [0.1, 0.15) is 28.8 Å². The molecule has 0 amide bonds. The lowest BCUT2D eigenvalue weighted by Crippen LogP contribution is -2.38. The summed E-state index contributed by atoms with van der Waals surface area (Å²) in [6.07, 6.45) is 0. The van der Waals surface area contributed by atoms with Gasteiger partial charge in [0, 0.05) is 10.6 Å². The number of hydrogen-bond donors (Lipinski definition) is 1. The van der Waals surface area contributed by atoms with Gasteiger partial charge in [0.05, 0.1) is 19.6 Å². The van der Waals surface area contributed by atoms with Gasteiger partial charge in [0.1, 0.15) is 11.5 Å². The van der Waals surface area contributed by atoms with Crippen molar-refractivity contribution in [3.63, 3.8) is 0 Å². The van der Waals surface area contributed by atoms with Crippen LogP contribution < -0.4 is 10.2 Å². The Morgan fingerprint density at radius 1 is 1.15 bits per heavy atom. The molecule has 1 N–H and O–H groups in total. The number of methoxy groups -OCH3 is 1. The largest absolute Gasteiger partial charge is 0.497 e. The van der Waals surface area contributed by atoms with Crippen LogP contribution in [-0.4, -0.2) is 37.2 Å². The Hall–Kier alpha value is -2.86. The van der Waals surface area contributed by atoms with Gasteiger partial charge >= 0.3 is 5.97 Å². The van der Waals surface area contributed by atoms with E-state index in [0.717, 1.165) is 0 Å². The molecule has 0 saturated carbocycles. The van der Waals surface area contributed by atoms with E-state index in [1.807, 2.05) is 0 Å². The van der Waals surface area contributed by atoms with Crippen LogP contribution in [0.2, 0.25) is 5.02 Å². The predicted octanol–water partition coefficient (Wildman–Crippen LogP) is 3.21. The summed E-state index contributed by atoms with van der Waals surface area (Å²) < 4.78 is 10.3. The van der Waals surface area contributed by atoms with Crippen LogP contribution >= 0.6 is 11.6 Å². The minimum Gasteiger partial charge on any atom is -0.497 e. The second kappa shape index (κ2) is 8.22. The maximum absolute atomic E-state index is 13.1. The summed E-state index contributed by atoms with van der Waals surface area (Å²) in [6.45, 7) is 1.95. The number of esters is 1. The number of hydrazone groups is 1. The third-order valence-corrected chi connectivity index (χ3v) is 4.66. The highest BCUT2D eigenvalue weighted by atomic mass is 35.5. The molecule has 27 heavy (non-hydrogen) atoms. The maximum atomic E-state index is 13.1. The molecule has 2 aromatic rings. The molecule has 3 rings (SSSR count). The molecule has 7 heteroatoms. The quantitative estimate of drug-likeness (QED) is 0.609. The van der Waals surface area contributed by atoms with Crippen LogP contribution in [0.15, 0.2) is 53.6 Å². The number of ether oxygens (including phenoxy) is 2. The zero-order chi connectivity index (χ0) is 19.4. The van der Waals surface area contributed by atoms with Crippen LogP contribution in [0.4, 0.5) is 0 Å². The van der Waals surface area contributed by atoms with Crippen LogP contribution in [0.5, 0.6) is 5.75 Å². The van der Waals surface area contributed by atoms with Gasteiger partial charge in [-0.2, -0.15) is 5.10 Å². The van der Waals surface area contributed by atoms with E-state index in [1.54, 1.807) is 62.6 Å². The van der Waals surface area contributed by atoms with Crippen molar-refractivity contribution < 1.29 is 19.1 Å². The first-order valence-electron chi connectivity index (χ1n) is 8.49. The molecule has 0 aliphatic carbocycles. The van der Waals surface area contributed by atoms with Crippen molar-refractivity contribution in [2.75, 3.05) is 13.7 Å². The fourth-order valence-corrected chi connectivity index (χ4v) is 3.25. The number of Topliss-reactive ketones (excluding diaryl/α,β-unsaturated/α-hetero) is 1. The summed E-state index contributed by atoms with van der Waals surface area (Å²) in [4.78, 5) is 25.5. The van der Waals surface area contributed by atoms with Crippen molar-refractivity contribution in [2.24, 2.45) is 5.10 Å². The van der Waals surface area contributed by atoms with Gasteiger partial charge in [-0.25, -0.2) is 4.79 Å². The third kappa shape index (κ3) is 3.80. The first-order valence-corrected chi connectivity index (χ1v) is 8.87. The second-order valence-corrected chi connectivity index (χ2v) is 6.32. The third-order valence-electron chi connectivity index (χ3n) is 4.32. The van der Waals surface area contributed by atoms with Gasteiger partial charge in [-0.1, -0.05) is 29.8 Å². The molecule has 0 aromatic heterocycles. The summed E-state index contributed by atoms with van der Waals surface area (Å²) in [5.41, 5.74) is 4.05. The number of ketones is 1. The number of nitrogens with one attached hydrogen (secondary N) is 1. The van der Waals surface area contributed by atoms with Crippen molar-refractivity contribution in [1.82, 2.24) is 5.43 Å². The average Bonchev–Trinajstić information content (AvgIpc) is 3.13. The Kier molecular flexibility index (Phi) is 5.76. The number of carbonyl (C=O) groups excluding carboxylic acids is 2. The van der Waals surface area contributed by atoms with E-state index in [1.165, 1.54) is 0 Å². The van der Waals surface area contributed by atoms with Crippen LogP contribution in [-0.2, 0) is 9.53 Å². The van der Waals surface area contributed by atoms with E-state index in [9.17, 15) is 9.59 Å². The van der Waals surface area contributed by atoms with Gasteiger partial charge in [-0.3, -0.25) is 10.2 Å². The molecule has 0 fully saturated rings. The van der Waals surface area contributed by atoms with E-state index in [0.29, 0.717) is 21.9 Å². The highest BCUT2D eigenvalue weighted by Gasteiger charge is 2.42. The Morgan fingerprint density at radius 2 is 1.85 bits per heavy atom. The number of rotatable bonds is 6. The molecule has 2 aromatic carbocycles. The van der Waals surface area contributed by atoms with Gasteiger partial charge < -0.3 is 9.47 Å². The fourth-order valence-electron chi connectivity index (χ4n) is 3.00. The molecule has 1 aliphatic heterocycles. The molecule has 0 radical (unpaired) electrons. The Balaban J connectivity index is 1.98. The van der Waals surface area contributed by atoms with Crippen molar-refractivity contribution in [3.8, 4) is 5.75 Å². The zero-order valence-corrected chi connectivity index (χ0v) is 15.7. The van der Waals surface area contributed by atoms with Gasteiger partial charge in [0.15, 0.2) is 6.04 Å². The van der Waals surface area contributed by atoms with Crippen molar-refractivity contribution in [2.45, 2.75) is 18.9 Å². The van der Waals surface area contributed by atoms with Crippen LogP contribution in [0.3, 0.4) is 0 Å². The van der Waals surface area contributed by atoms with Gasteiger partial charge in [-0.05, 0) is 42.8 Å². The number of carbonyl (C=O) groups is 2. The van der Waals surface area contributed by atoms with Crippen molar-refractivity contribution in [3.05, 3.63) is 64.7 Å². The van der Waals surface area contributed by atoms with Crippen molar-refractivity contribution >= 4 is 29.1 Å². The highest BCUT2D eigenvalue weighted by molar-refractivity contribution is 6.49. The average molecular weight is 387 g/mol. The molecule has 0 spiro atoms. The highest BCUT2D eigenvalue weighted by Crippen LogP contribution is 2.33. The number of nitrogens with zero attached hydrogens (tertiary/aromatic N) is 1. The van der Waals surface area contributed by atoms with Crippen LogP contribution in [0, 0.1) is 0 Å².